The smallest absolute Gasteiger partial charge is 0.248 e. The van der Waals surface area contributed by atoms with Crippen molar-refractivity contribution < 1.29 is 9.21 Å². The van der Waals surface area contributed by atoms with E-state index in [1.807, 2.05) is 32.0 Å². The van der Waals surface area contributed by atoms with Crippen LogP contribution in [0.2, 0.25) is 10.0 Å². The van der Waals surface area contributed by atoms with Crippen molar-refractivity contribution in [3.8, 4) is 11.3 Å². The standard InChI is InChI=1S/C21H16BrCl2NO2/c1-12-10-14(22)11-13(2)21(12)25-19(26)9-7-15-6-8-18(27-15)16-4-3-5-17(23)20(16)24/h3-11H,1-2H3,(H,25,26). The molecule has 2 aromatic carbocycles. The Morgan fingerprint density at radius 1 is 1.11 bits per heavy atom. The van der Waals surface area contributed by atoms with Gasteiger partial charge in [0, 0.05) is 21.8 Å². The molecule has 27 heavy (non-hydrogen) atoms. The van der Waals surface area contributed by atoms with Crippen molar-refractivity contribution in [1.82, 2.24) is 0 Å². The average molecular weight is 465 g/mol. The highest BCUT2D eigenvalue weighted by Gasteiger charge is 2.11. The molecule has 0 saturated carbocycles. The van der Waals surface area contributed by atoms with E-state index >= 15 is 0 Å². The van der Waals surface area contributed by atoms with Gasteiger partial charge in [-0.2, -0.15) is 0 Å². The van der Waals surface area contributed by atoms with Crippen molar-refractivity contribution in [2.45, 2.75) is 13.8 Å². The Bertz CT molecular complexity index is 1020. The number of halogens is 3. The van der Waals surface area contributed by atoms with Crippen LogP contribution in [-0.2, 0) is 4.79 Å². The molecule has 0 aliphatic rings. The number of aryl methyl sites for hydroxylation is 2. The Balaban J connectivity index is 1.75. The summed E-state index contributed by atoms with van der Waals surface area (Å²) in [6.07, 6.45) is 3.05. The van der Waals surface area contributed by atoms with E-state index in [1.54, 1.807) is 30.3 Å². The summed E-state index contributed by atoms with van der Waals surface area (Å²) in [6, 6.07) is 12.8. The first-order valence-electron chi connectivity index (χ1n) is 8.15. The Kier molecular flexibility index (Phi) is 6.10. The van der Waals surface area contributed by atoms with Gasteiger partial charge in [-0.1, -0.05) is 45.2 Å². The third-order valence-electron chi connectivity index (χ3n) is 3.99. The lowest BCUT2D eigenvalue weighted by molar-refractivity contribution is -0.111. The van der Waals surface area contributed by atoms with E-state index in [2.05, 4.69) is 21.2 Å². The number of nitrogens with one attached hydrogen (secondary N) is 1. The zero-order valence-electron chi connectivity index (χ0n) is 14.6. The minimum absolute atomic E-state index is 0.234. The Labute approximate surface area is 176 Å². The van der Waals surface area contributed by atoms with E-state index in [-0.39, 0.29) is 5.91 Å². The Morgan fingerprint density at radius 2 is 1.81 bits per heavy atom. The predicted molar refractivity (Wildman–Crippen MR) is 115 cm³/mol. The lowest BCUT2D eigenvalue weighted by Crippen LogP contribution is -2.10. The summed E-state index contributed by atoms with van der Waals surface area (Å²) >= 11 is 15.7. The lowest BCUT2D eigenvalue weighted by Gasteiger charge is -2.10. The van der Waals surface area contributed by atoms with Gasteiger partial charge in [-0.15, -0.1) is 0 Å². The summed E-state index contributed by atoms with van der Waals surface area (Å²) in [7, 11) is 0. The number of furan rings is 1. The van der Waals surface area contributed by atoms with Crippen molar-refractivity contribution in [2.24, 2.45) is 0 Å². The summed E-state index contributed by atoms with van der Waals surface area (Å²) in [4.78, 5) is 12.3. The molecule has 0 aliphatic carbocycles. The predicted octanol–water partition coefficient (Wildman–Crippen LogP) is 7.28. The zero-order chi connectivity index (χ0) is 19.6. The summed E-state index contributed by atoms with van der Waals surface area (Å²) < 4.78 is 6.73. The Morgan fingerprint density at radius 3 is 2.52 bits per heavy atom. The van der Waals surface area contributed by atoms with E-state index in [4.69, 9.17) is 27.6 Å². The number of carbonyl (C=O) groups excluding carboxylic acids is 1. The fraction of sp³-hybridized carbons (Fsp3) is 0.0952. The van der Waals surface area contributed by atoms with E-state index < -0.39 is 0 Å². The quantitative estimate of drug-likeness (QED) is 0.412. The molecule has 0 spiro atoms. The molecule has 6 heteroatoms. The molecule has 1 N–H and O–H groups in total. The molecule has 0 radical (unpaired) electrons. The zero-order valence-corrected chi connectivity index (χ0v) is 17.7. The number of hydrogen-bond donors (Lipinski definition) is 1. The van der Waals surface area contributed by atoms with Crippen LogP contribution < -0.4 is 5.32 Å². The SMILES string of the molecule is Cc1cc(Br)cc(C)c1NC(=O)C=Cc1ccc(-c2cccc(Cl)c2Cl)o1. The van der Waals surface area contributed by atoms with E-state index in [1.165, 1.54) is 6.08 Å². The van der Waals surface area contributed by atoms with Crippen molar-refractivity contribution in [3.05, 3.63) is 79.9 Å². The topological polar surface area (TPSA) is 42.2 Å². The molecule has 3 aromatic rings. The number of anilines is 1. The second-order valence-electron chi connectivity index (χ2n) is 6.04. The van der Waals surface area contributed by atoms with Gasteiger partial charge >= 0.3 is 0 Å². The van der Waals surface area contributed by atoms with Crippen LogP contribution in [-0.4, -0.2) is 5.91 Å². The molecule has 1 aromatic heterocycles. The van der Waals surface area contributed by atoms with Crippen LogP contribution in [0.4, 0.5) is 5.69 Å². The monoisotopic (exact) mass is 463 g/mol. The number of hydrogen-bond acceptors (Lipinski definition) is 2. The third kappa shape index (κ3) is 4.64. The highest BCUT2D eigenvalue weighted by atomic mass is 79.9. The molecule has 1 heterocycles. The average Bonchev–Trinajstić information content (AvgIpc) is 3.07. The van der Waals surface area contributed by atoms with Gasteiger partial charge in [-0.25, -0.2) is 0 Å². The van der Waals surface area contributed by atoms with Crippen LogP contribution in [0.15, 0.2) is 57.4 Å². The molecule has 1 amide bonds. The number of rotatable bonds is 4. The lowest BCUT2D eigenvalue weighted by atomic mass is 10.1. The van der Waals surface area contributed by atoms with Crippen LogP contribution >= 0.6 is 39.1 Å². The minimum atomic E-state index is -0.234. The normalized spacial score (nSPS) is 11.1. The molecule has 0 fully saturated rings. The molecule has 0 bridgehead atoms. The summed E-state index contributed by atoms with van der Waals surface area (Å²) in [5.74, 6) is 0.893. The van der Waals surface area contributed by atoms with Crippen LogP contribution in [0.25, 0.3) is 17.4 Å². The van der Waals surface area contributed by atoms with Crippen LogP contribution in [0, 0.1) is 13.8 Å². The first-order chi connectivity index (χ1) is 12.8. The molecule has 0 unspecified atom stereocenters. The van der Waals surface area contributed by atoms with Crippen LogP contribution in [0.5, 0.6) is 0 Å². The van der Waals surface area contributed by atoms with Gasteiger partial charge in [0.05, 0.1) is 10.0 Å². The van der Waals surface area contributed by atoms with Crippen molar-refractivity contribution >= 4 is 56.8 Å². The first kappa shape index (κ1) is 19.7. The largest absolute Gasteiger partial charge is 0.457 e. The molecule has 0 atom stereocenters. The molecular formula is C21H16BrCl2NO2. The van der Waals surface area contributed by atoms with Gasteiger partial charge in [-0.3, -0.25) is 4.79 Å². The maximum Gasteiger partial charge on any atom is 0.248 e. The maximum atomic E-state index is 12.3. The van der Waals surface area contributed by atoms with Crippen molar-refractivity contribution in [1.29, 1.82) is 0 Å². The van der Waals surface area contributed by atoms with Gasteiger partial charge in [0.25, 0.3) is 0 Å². The van der Waals surface area contributed by atoms with Crippen LogP contribution in [0.3, 0.4) is 0 Å². The number of benzene rings is 2. The van der Waals surface area contributed by atoms with Crippen LogP contribution in [0.1, 0.15) is 16.9 Å². The van der Waals surface area contributed by atoms with Gasteiger partial charge < -0.3 is 9.73 Å². The molecule has 3 rings (SSSR count). The van der Waals surface area contributed by atoms with E-state index in [0.717, 1.165) is 21.3 Å². The van der Waals surface area contributed by atoms with E-state index in [9.17, 15) is 4.79 Å². The van der Waals surface area contributed by atoms with Gasteiger partial charge in [0.1, 0.15) is 11.5 Å². The molecule has 0 aliphatic heterocycles. The fourth-order valence-corrected chi connectivity index (χ4v) is 3.79. The molecular weight excluding hydrogens is 449 g/mol. The first-order valence-corrected chi connectivity index (χ1v) is 9.70. The summed E-state index contributed by atoms with van der Waals surface area (Å²) in [5, 5.41) is 3.80. The Hall–Kier alpha value is -2.01. The number of carbonyl (C=O) groups is 1. The summed E-state index contributed by atoms with van der Waals surface area (Å²) in [5.41, 5.74) is 3.48. The fourth-order valence-electron chi connectivity index (χ4n) is 2.71. The summed E-state index contributed by atoms with van der Waals surface area (Å²) in [6.45, 7) is 3.90. The second kappa shape index (κ2) is 8.34. The highest BCUT2D eigenvalue weighted by molar-refractivity contribution is 9.10. The number of amides is 1. The van der Waals surface area contributed by atoms with Crippen molar-refractivity contribution in [2.75, 3.05) is 5.32 Å². The highest BCUT2D eigenvalue weighted by Crippen LogP contribution is 2.34. The molecule has 0 saturated heterocycles. The minimum Gasteiger partial charge on any atom is -0.457 e. The van der Waals surface area contributed by atoms with Gasteiger partial charge in [-0.05, 0) is 67.4 Å². The molecule has 3 nitrogen and oxygen atoms in total. The molecule has 138 valence electrons. The van der Waals surface area contributed by atoms with E-state index in [0.29, 0.717) is 27.1 Å². The maximum absolute atomic E-state index is 12.3. The van der Waals surface area contributed by atoms with Gasteiger partial charge in [0.2, 0.25) is 5.91 Å². The third-order valence-corrected chi connectivity index (χ3v) is 5.27. The van der Waals surface area contributed by atoms with Gasteiger partial charge in [0.15, 0.2) is 0 Å². The second-order valence-corrected chi connectivity index (χ2v) is 7.74. The van der Waals surface area contributed by atoms with Crippen molar-refractivity contribution in [3.63, 3.8) is 0 Å².